The first kappa shape index (κ1) is 19.8. The van der Waals surface area contributed by atoms with Crippen molar-refractivity contribution in [3.05, 3.63) is 86.9 Å². The molecule has 0 bridgehead atoms. The number of hydrogen-bond donors (Lipinski definition) is 0. The molecule has 0 amide bonds. The SMILES string of the molecule is COc1ccc(-n2c(SCc3ccc(Cl)nc3)nc3ccccc3c2=O)cc1Cl. The molecule has 0 atom stereocenters. The van der Waals surface area contributed by atoms with Gasteiger partial charge in [-0.2, -0.15) is 0 Å². The number of thioether (sulfide) groups is 1. The van der Waals surface area contributed by atoms with E-state index in [4.69, 9.17) is 32.9 Å². The molecule has 0 aliphatic rings. The standard InChI is InChI=1S/C21H15Cl2N3O2S/c1-28-18-8-7-14(10-16(18)22)26-20(27)15-4-2-3-5-17(15)25-21(26)29-12-13-6-9-19(23)24-11-13/h2-11H,12H2,1H3. The molecule has 2 aromatic carbocycles. The summed E-state index contributed by atoms with van der Waals surface area (Å²) in [7, 11) is 1.55. The molecule has 0 saturated carbocycles. The maximum absolute atomic E-state index is 13.3. The van der Waals surface area contributed by atoms with E-state index >= 15 is 0 Å². The van der Waals surface area contributed by atoms with Crippen LogP contribution in [-0.4, -0.2) is 21.6 Å². The van der Waals surface area contributed by atoms with Crippen molar-refractivity contribution in [1.82, 2.24) is 14.5 Å². The van der Waals surface area contributed by atoms with Crippen LogP contribution >= 0.6 is 35.0 Å². The summed E-state index contributed by atoms with van der Waals surface area (Å²) < 4.78 is 6.79. The van der Waals surface area contributed by atoms with Crippen LogP contribution in [0.15, 0.2) is 70.7 Å². The first-order valence-electron chi connectivity index (χ1n) is 8.66. The lowest BCUT2D eigenvalue weighted by atomic mass is 10.2. The van der Waals surface area contributed by atoms with E-state index in [1.807, 2.05) is 24.3 Å². The van der Waals surface area contributed by atoms with Crippen LogP contribution in [-0.2, 0) is 5.75 Å². The molecule has 0 saturated heterocycles. The normalized spacial score (nSPS) is 11.0. The van der Waals surface area contributed by atoms with E-state index in [9.17, 15) is 4.79 Å². The highest BCUT2D eigenvalue weighted by Crippen LogP contribution is 2.29. The van der Waals surface area contributed by atoms with Gasteiger partial charge in [0.1, 0.15) is 10.9 Å². The van der Waals surface area contributed by atoms with Crippen molar-refractivity contribution in [1.29, 1.82) is 0 Å². The number of rotatable bonds is 5. The summed E-state index contributed by atoms with van der Waals surface area (Å²) in [5.74, 6) is 1.12. The maximum atomic E-state index is 13.3. The van der Waals surface area contributed by atoms with E-state index in [0.717, 1.165) is 5.56 Å². The molecule has 29 heavy (non-hydrogen) atoms. The lowest BCUT2D eigenvalue weighted by molar-refractivity contribution is 0.415. The van der Waals surface area contributed by atoms with Crippen LogP contribution in [0.1, 0.15) is 5.56 Å². The van der Waals surface area contributed by atoms with E-state index in [2.05, 4.69) is 4.98 Å². The summed E-state index contributed by atoms with van der Waals surface area (Å²) in [5.41, 5.74) is 2.08. The number of pyridine rings is 1. The van der Waals surface area contributed by atoms with E-state index in [1.54, 1.807) is 48.2 Å². The lowest BCUT2D eigenvalue weighted by Crippen LogP contribution is -2.21. The van der Waals surface area contributed by atoms with Crippen LogP contribution in [0, 0.1) is 0 Å². The summed E-state index contributed by atoms with van der Waals surface area (Å²) in [4.78, 5) is 22.1. The molecular weight excluding hydrogens is 429 g/mol. The Bertz CT molecular complexity index is 1240. The summed E-state index contributed by atoms with van der Waals surface area (Å²) in [6.07, 6.45) is 1.71. The Morgan fingerprint density at radius 3 is 2.66 bits per heavy atom. The smallest absolute Gasteiger partial charge is 0.266 e. The molecular formula is C21H15Cl2N3O2S. The topological polar surface area (TPSA) is 57.0 Å². The number of halogens is 2. The van der Waals surface area contributed by atoms with Crippen molar-refractivity contribution in [3.8, 4) is 11.4 Å². The number of benzene rings is 2. The highest BCUT2D eigenvalue weighted by Gasteiger charge is 2.15. The average molecular weight is 444 g/mol. The molecule has 0 aliphatic carbocycles. The lowest BCUT2D eigenvalue weighted by Gasteiger charge is -2.14. The molecule has 8 heteroatoms. The van der Waals surface area contributed by atoms with Crippen LogP contribution in [0.5, 0.6) is 5.75 Å². The Kier molecular flexibility index (Phi) is 5.76. The van der Waals surface area contributed by atoms with Gasteiger partial charge in [-0.3, -0.25) is 9.36 Å². The average Bonchev–Trinajstić information content (AvgIpc) is 2.73. The predicted molar refractivity (Wildman–Crippen MR) is 118 cm³/mol. The Hall–Kier alpha value is -2.54. The number of methoxy groups -OCH3 is 1. The third kappa shape index (κ3) is 4.10. The molecule has 5 nitrogen and oxygen atoms in total. The Balaban J connectivity index is 1.83. The minimum Gasteiger partial charge on any atom is -0.495 e. The largest absolute Gasteiger partial charge is 0.495 e. The fourth-order valence-electron chi connectivity index (χ4n) is 2.87. The molecule has 2 heterocycles. The molecule has 0 radical (unpaired) electrons. The van der Waals surface area contributed by atoms with Crippen molar-refractivity contribution in [2.45, 2.75) is 10.9 Å². The molecule has 0 spiro atoms. The number of para-hydroxylation sites is 1. The van der Waals surface area contributed by atoms with Gasteiger partial charge >= 0.3 is 0 Å². The van der Waals surface area contributed by atoms with E-state index in [1.165, 1.54) is 11.8 Å². The Morgan fingerprint density at radius 2 is 1.93 bits per heavy atom. The van der Waals surface area contributed by atoms with Crippen LogP contribution in [0.2, 0.25) is 10.2 Å². The van der Waals surface area contributed by atoms with Gasteiger partial charge in [0.15, 0.2) is 5.16 Å². The molecule has 4 rings (SSSR count). The molecule has 0 N–H and O–H groups in total. The summed E-state index contributed by atoms with van der Waals surface area (Å²) in [6.45, 7) is 0. The van der Waals surface area contributed by atoms with Crippen molar-refractivity contribution in [3.63, 3.8) is 0 Å². The molecule has 0 fully saturated rings. The fraction of sp³-hybridized carbons (Fsp3) is 0.0952. The predicted octanol–water partition coefficient (Wildman–Crippen LogP) is 5.39. The second kappa shape index (κ2) is 8.45. The van der Waals surface area contributed by atoms with Crippen molar-refractivity contribution in [2.24, 2.45) is 0 Å². The second-order valence-corrected chi connectivity index (χ2v) is 7.89. The van der Waals surface area contributed by atoms with Crippen molar-refractivity contribution in [2.75, 3.05) is 7.11 Å². The highest BCUT2D eigenvalue weighted by atomic mass is 35.5. The number of nitrogens with zero attached hydrogens (tertiary/aromatic N) is 3. The molecule has 0 aliphatic heterocycles. The van der Waals surface area contributed by atoms with E-state index in [0.29, 0.717) is 43.4 Å². The van der Waals surface area contributed by atoms with Crippen molar-refractivity contribution < 1.29 is 4.74 Å². The Labute approximate surface area is 181 Å². The van der Waals surface area contributed by atoms with Gasteiger partial charge in [-0.15, -0.1) is 0 Å². The van der Waals surface area contributed by atoms with E-state index < -0.39 is 0 Å². The zero-order chi connectivity index (χ0) is 20.4. The second-order valence-electron chi connectivity index (χ2n) is 6.15. The summed E-state index contributed by atoms with van der Waals surface area (Å²) in [6, 6.07) is 16.1. The van der Waals surface area contributed by atoms with Crippen LogP contribution in [0.25, 0.3) is 16.6 Å². The zero-order valence-corrected chi connectivity index (χ0v) is 17.6. The minimum absolute atomic E-state index is 0.159. The summed E-state index contributed by atoms with van der Waals surface area (Å²) >= 11 is 13.6. The third-order valence-electron chi connectivity index (χ3n) is 4.30. The molecule has 146 valence electrons. The number of ether oxygens (including phenoxy) is 1. The van der Waals surface area contributed by atoms with Crippen LogP contribution in [0.4, 0.5) is 0 Å². The van der Waals surface area contributed by atoms with Gasteiger partial charge in [-0.1, -0.05) is 53.2 Å². The van der Waals surface area contributed by atoms with Gasteiger partial charge < -0.3 is 4.74 Å². The highest BCUT2D eigenvalue weighted by molar-refractivity contribution is 7.98. The van der Waals surface area contributed by atoms with Gasteiger partial charge in [0.2, 0.25) is 0 Å². The van der Waals surface area contributed by atoms with Crippen LogP contribution in [0.3, 0.4) is 0 Å². The van der Waals surface area contributed by atoms with Crippen molar-refractivity contribution >= 4 is 45.9 Å². The summed E-state index contributed by atoms with van der Waals surface area (Å²) in [5, 5.41) is 1.96. The van der Waals surface area contributed by atoms with Gasteiger partial charge in [-0.05, 0) is 42.0 Å². The van der Waals surface area contributed by atoms with Crippen LogP contribution < -0.4 is 10.3 Å². The molecule has 0 unspecified atom stereocenters. The monoisotopic (exact) mass is 443 g/mol. The Morgan fingerprint density at radius 1 is 1.10 bits per heavy atom. The third-order valence-corrected chi connectivity index (χ3v) is 5.82. The fourth-order valence-corrected chi connectivity index (χ4v) is 4.18. The van der Waals surface area contributed by atoms with Gasteiger partial charge in [0.05, 0.1) is 28.7 Å². The number of aromatic nitrogens is 3. The molecule has 2 aromatic heterocycles. The number of hydrogen-bond acceptors (Lipinski definition) is 5. The number of fused-ring (bicyclic) bond motifs is 1. The maximum Gasteiger partial charge on any atom is 0.266 e. The zero-order valence-electron chi connectivity index (χ0n) is 15.3. The van der Waals surface area contributed by atoms with Gasteiger partial charge in [0.25, 0.3) is 5.56 Å². The minimum atomic E-state index is -0.159. The van der Waals surface area contributed by atoms with E-state index in [-0.39, 0.29) is 5.56 Å². The van der Waals surface area contributed by atoms with Gasteiger partial charge in [0, 0.05) is 11.9 Å². The van der Waals surface area contributed by atoms with Gasteiger partial charge in [-0.25, -0.2) is 9.97 Å². The first-order chi connectivity index (χ1) is 14.1. The first-order valence-corrected chi connectivity index (χ1v) is 10.4. The molecule has 4 aromatic rings. The quantitative estimate of drug-likeness (QED) is 0.235.